The Morgan fingerprint density at radius 3 is 2.39 bits per heavy atom. The average Bonchev–Trinajstić information content (AvgIpc) is 2.94. The second kappa shape index (κ2) is 5.94. The molecule has 0 radical (unpaired) electrons. The SMILES string of the molecule is CC(C)C.O=C1OCC(CC2CC3CCC2C3)O1. The van der Waals surface area contributed by atoms with Gasteiger partial charge in [0, 0.05) is 0 Å². The Morgan fingerprint density at radius 2 is 1.94 bits per heavy atom. The molecule has 104 valence electrons. The maximum Gasteiger partial charge on any atom is 0.508 e. The van der Waals surface area contributed by atoms with Gasteiger partial charge in [-0.3, -0.25) is 0 Å². The van der Waals surface area contributed by atoms with Crippen LogP contribution in [0.3, 0.4) is 0 Å². The standard InChI is InChI=1S/C11H16O3.C4H10/c12-11-13-6-10(14-11)5-9-4-7-1-2-8(9)3-7;1-4(2)3/h7-10H,1-6H2;4H,1-3H3. The van der Waals surface area contributed by atoms with Gasteiger partial charge in [-0.1, -0.05) is 27.2 Å². The van der Waals surface area contributed by atoms with E-state index in [9.17, 15) is 4.79 Å². The minimum absolute atomic E-state index is 0.0480. The topological polar surface area (TPSA) is 35.5 Å². The van der Waals surface area contributed by atoms with Gasteiger partial charge in [0.05, 0.1) is 0 Å². The molecular weight excluding hydrogens is 228 g/mol. The highest BCUT2D eigenvalue weighted by molar-refractivity contribution is 5.61. The summed E-state index contributed by atoms with van der Waals surface area (Å²) in [6.45, 7) is 6.98. The number of fused-ring (bicyclic) bond motifs is 2. The summed E-state index contributed by atoms with van der Waals surface area (Å²) in [4.78, 5) is 10.7. The number of carbonyl (C=O) groups is 1. The second-order valence-corrected chi connectivity index (χ2v) is 6.70. The van der Waals surface area contributed by atoms with Gasteiger partial charge in [0.1, 0.15) is 12.7 Å². The van der Waals surface area contributed by atoms with E-state index in [1.165, 1.54) is 25.7 Å². The third kappa shape index (κ3) is 3.63. The molecule has 0 aromatic carbocycles. The maximum absolute atomic E-state index is 10.7. The molecule has 3 fully saturated rings. The molecule has 1 heterocycles. The van der Waals surface area contributed by atoms with Gasteiger partial charge in [-0.25, -0.2) is 4.79 Å². The normalized spacial score (nSPS) is 37.2. The lowest BCUT2D eigenvalue weighted by atomic mass is 9.85. The van der Waals surface area contributed by atoms with Crippen LogP contribution in [0.5, 0.6) is 0 Å². The third-order valence-corrected chi connectivity index (χ3v) is 4.10. The molecule has 0 aromatic rings. The lowest BCUT2D eigenvalue weighted by Crippen LogP contribution is -2.20. The van der Waals surface area contributed by atoms with Crippen molar-refractivity contribution in [1.82, 2.24) is 0 Å². The van der Waals surface area contributed by atoms with E-state index < -0.39 is 6.16 Å². The van der Waals surface area contributed by atoms with E-state index in [4.69, 9.17) is 9.47 Å². The molecule has 3 rings (SSSR count). The lowest BCUT2D eigenvalue weighted by Gasteiger charge is -2.22. The zero-order valence-electron chi connectivity index (χ0n) is 11.9. The van der Waals surface area contributed by atoms with Crippen molar-refractivity contribution in [3.05, 3.63) is 0 Å². The number of hydrogen-bond donors (Lipinski definition) is 0. The molecule has 3 nitrogen and oxygen atoms in total. The number of ether oxygens (including phenoxy) is 2. The van der Waals surface area contributed by atoms with Gasteiger partial charge >= 0.3 is 6.16 Å². The fourth-order valence-corrected chi connectivity index (χ4v) is 3.48. The first-order chi connectivity index (χ1) is 8.54. The molecule has 2 aliphatic carbocycles. The van der Waals surface area contributed by atoms with Crippen LogP contribution in [0.25, 0.3) is 0 Å². The Kier molecular flexibility index (Phi) is 4.52. The van der Waals surface area contributed by atoms with E-state index in [1.54, 1.807) is 0 Å². The van der Waals surface area contributed by atoms with Crippen molar-refractivity contribution in [3.8, 4) is 0 Å². The molecule has 1 aliphatic heterocycles. The molecule has 4 unspecified atom stereocenters. The predicted molar refractivity (Wildman–Crippen MR) is 70.3 cm³/mol. The van der Waals surface area contributed by atoms with E-state index in [0.29, 0.717) is 6.61 Å². The van der Waals surface area contributed by atoms with E-state index in [1.807, 2.05) is 0 Å². The van der Waals surface area contributed by atoms with Gasteiger partial charge in [0.25, 0.3) is 0 Å². The monoisotopic (exact) mass is 254 g/mol. The van der Waals surface area contributed by atoms with Crippen LogP contribution in [0, 0.1) is 23.7 Å². The Labute approximate surface area is 110 Å². The molecule has 2 bridgehead atoms. The van der Waals surface area contributed by atoms with Gasteiger partial charge in [0.2, 0.25) is 0 Å². The Hall–Kier alpha value is -0.730. The molecule has 3 heteroatoms. The van der Waals surface area contributed by atoms with E-state index in [2.05, 4.69) is 20.8 Å². The fraction of sp³-hybridized carbons (Fsp3) is 0.933. The van der Waals surface area contributed by atoms with Crippen LogP contribution < -0.4 is 0 Å². The van der Waals surface area contributed by atoms with E-state index in [-0.39, 0.29) is 6.10 Å². The van der Waals surface area contributed by atoms with Gasteiger partial charge in [-0.2, -0.15) is 0 Å². The molecule has 18 heavy (non-hydrogen) atoms. The molecule has 2 saturated carbocycles. The Bertz CT molecular complexity index is 285. The summed E-state index contributed by atoms with van der Waals surface area (Å²) in [5.41, 5.74) is 0. The predicted octanol–water partition coefficient (Wildman–Crippen LogP) is 4.01. The summed E-state index contributed by atoms with van der Waals surface area (Å²) >= 11 is 0. The number of rotatable bonds is 2. The minimum atomic E-state index is -0.474. The van der Waals surface area contributed by atoms with Crippen molar-refractivity contribution in [2.24, 2.45) is 23.7 Å². The van der Waals surface area contributed by atoms with Crippen LogP contribution in [0.2, 0.25) is 0 Å². The van der Waals surface area contributed by atoms with E-state index >= 15 is 0 Å². The zero-order valence-corrected chi connectivity index (χ0v) is 11.9. The first-order valence-electron chi connectivity index (χ1n) is 7.38. The third-order valence-electron chi connectivity index (χ3n) is 4.10. The van der Waals surface area contributed by atoms with Crippen LogP contribution in [0.15, 0.2) is 0 Å². The summed E-state index contributed by atoms with van der Waals surface area (Å²) in [5, 5.41) is 0. The summed E-state index contributed by atoms with van der Waals surface area (Å²) < 4.78 is 9.86. The molecule has 0 N–H and O–H groups in total. The highest BCUT2D eigenvalue weighted by Gasteiger charge is 2.41. The Balaban J connectivity index is 0.000000267. The van der Waals surface area contributed by atoms with Gasteiger partial charge < -0.3 is 9.47 Å². The van der Waals surface area contributed by atoms with Crippen molar-refractivity contribution < 1.29 is 14.3 Å². The zero-order chi connectivity index (χ0) is 13.1. The summed E-state index contributed by atoms with van der Waals surface area (Å²) in [6, 6.07) is 0. The van der Waals surface area contributed by atoms with Crippen molar-refractivity contribution in [2.45, 2.75) is 59.0 Å². The van der Waals surface area contributed by atoms with Crippen LogP contribution in [-0.2, 0) is 9.47 Å². The van der Waals surface area contributed by atoms with Crippen LogP contribution in [-0.4, -0.2) is 18.9 Å². The lowest BCUT2D eigenvalue weighted by molar-refractivity contribution is 0.106. The number of carbonyl (C=O) groups excluding carboxylic acids is 1. The number of cyclic esters (lactones) is 2. The largest absolute Gasteiger partial charge is 0.508 e. The fourth-order valence-electron chi connectivity index (χ4n) is 3.48. The molecule has 0 aromatic heterocycles. The van der Waals surface area contributed by atoms with Crippen molar-refractivity contribution in [3.63, 3.8) is 0 Å². The molecule has 3 aliphatic rings. The minimum Gasteiger partial charge on any atom is -0.430 e. The smallest absolute Gasteiger partial charge is 0.430 e. The molecule has 4 atom stereocenters. The van der Waals surface area contributed by atoms with Crippen LogP contribution in [0.1, 0.15) is 52.9 Å². The molecule has 1 saturated heterocycles. The maximum atomic E-state index is 10.7. The number of hydrogen-bond acceptors (Lipinski definition) is 3. The van der Waals surface area contributed by atoms with Crippen molar-refractivity contribution in [1.29, 1.82) is 0 Å². The Morgan fingerprint density at radius 1 is 1.22 bits per heavy atom. The van der Waals surface area contributed by atoms with E-state index in [0.717, 1.165) is 30.1 Å². The second-order valence-electron chi connectivity index (χ2n) is 6.70. The van der Waals surface area contributed by atoms with Crippen molar-refractivity contribution >= 4 is 6.16 Å². The summed E-state index contributed by atoms with van der Waals surface area (Å²) in [5.74, 6) is 3.52. The first kappa shape index (κ1) is 13.7. The molecule has 0 spiro atoms. The van der Waals surface area contributed by atoms with Gasteiger partial charge in [-0.15, -0.1) is 0 Å². The summed E-state index contributed by atoms with van der Waals surface area (Å²) in [6.07, 6.45) is 6.22. The van der Waals surface area contributed by atoms with Gasteiger partial charge in [0.15, 0.2) is 0 Å². The highest BCUT2D eigenvalue weighted by atomic mass is 16.8. The average molecular weight is 254 g/mol. The molecular formula is C15H26O3. The quantitative estimate of drug-likeness (QED) is 0.698. The molecule has 0 amide bonds. The highest BCUT2D eigenvalue weighted by Crippen LogP contribution is 2.50. The summed E-state index contributed by atoms with van der Waals surface area (Å²) in [7, 11) is 0. The van der Waals surface area contributed by atoms with Crippen LogP contribution in [0.4, 0.5) is 4.79 Å². The van der Waals surface area contributed by atoms with Crippen LogP contribution >= 0.6 is 0 Å². The van der Waals surface area contributed by atoms with Gasteiger partial charge in [-0.05, 0) is 49.4 Å². The first-order valence-corrected chi connectivity index (χ1v) is 7.38. The van der Waals surface area contributed by atoms with Crippen molar-refractivity contribution in [2.75, 3.05) is 6.61 Å².